The van der Waals surface area contributed by atoms with Crippen LogP contribution in [0.25, 0.3) is 0 Å². The fourth-order valence-corrected chi connectivity index (χ4v) is 8.92. The van der Waals surface area contributed by atoms with E-state index in [0.29, 0.717) is 16.9 Å². The zero-order chi connectivity index (χ0) is 22.5. The number of nitriles is 1. The lowest BCUT2D eigenvalue weighted by atomic mass is 9.48. The van der Waals surface area contributed by atoms with Gasteiger partial charge >= 0.3 is 0 Å². The Morgan fingerprint density at radius 2 is 2.03 bits per heavy atom. The van der Waals surface area contributed by atoms with E-state index in [-0.39, 0.29) is 5.60 Å². The summed E-state index contributed by atoms with van der Waals surface area (Å²) in [6.45, 7) is 7.99. The number of allylic oxidation sites excluding steroid dienone is 2. The lowest BCUT2D eigenvalue weighted by Gasteiger charge is -2.57. The Morgan fingerprint density at radius 1 is 1.22 bits per heavy atom. The van der Waals surface area contributed by atoms with Crippen molar-refractivity contribution in [2.75, 3.05) is 0 Å². The van der Waals surface area contributed by atoms with Gasteiger partial charge in [0.25, 0.3) is 0 Å². The topological polar surface area (TPSA) is 61.8 Å². The van der Waals surface area contributed by atoms with Crippen LogP contribution in [0, 0.1) is 52.3 Å². The molecular formula is C28H41N3O. The van der Waals surface area contributed by atoms with E-state index < -0.39 is 0 Å². The highest BCUT2D eigenvalue weighted by molar-refractivity contribution is 5.27. The molecule has 1 aromatic rings. The zero-order valence-electron chi connectivity index (χ0n) is 20.3. The molecule has 0 aliphatic heterocycles. The lowest BCUT2D eigenvalue weighted by molar-refractivity contribution is -0.101. The fourth-order valence-electron chi connectivity index (χ4n) is 8.92. The third kappa shape index (κ3) is 3.65. The second-order valence-corrected chi connectivity index (χ2v) is 12.0. The van der Waals surface area contributed by atoms with Crippen LogP contribution in [0.5, 0.6) is 0 Å². The summed E-state index contributed by atoms with van der Waals surface area (Å²) >= 11 is 0. The first-order valence-corrected chi connectivity index (χ1v) is 13.2. The molecule has 4 aliphatic carbocycles. The summed E-state index contributed by atoms with van der Waals surface area (Å²) in [5.74, 6) is 4.61. The molecule has 0 unspecified atom stereocenters. The van der Waals surface area contributed by atoms with Crippen LogP contribution in [0.2, 0.25) is 0 Å². The molecule has 4 heteroatoms. The van der Waals surface area contributed by atoms with Crippen LogP contribution in [-0.4, -0.2) is 20.5 Å². The molecule has 0 spiro atoms. The number of nitrogens with zero attached hydrogens (tertiary/aromatic N) is 3. The minimum absolute atomic E-state index is 0.330. The third-order valence-electron chi connectivity index (χ3n) is 10.2. The van der Waals surface area contributed by atoms with Gasteiger partial charge in [-0.25, -0.2) is 0 Å². The Labute approximate surface area is 194 Å². The molecule has 0 saturated heterocycles. The van der Waals surface area contributed by atoms with Crippen LogP contribution in [0.4, 0.5) is 0 Å². The van der Waals surface area contributed by atoms with E-state index in [0.717, 1.165) is 61.8 Å². The summed E-state index contributed by atoms with van der Waals surface area (Å²) in [7, 11) is 0. The molecule has 174 valence electrons. The molecule has 1 heterocycles. The summed E-state index contributed by atoms with van der Waals surface area (Å²) in [6, 6.07) is 2.20. The minimum Gasteiger partial charge on any atom is -0.390 e. The molecule has 3 fully saturated rings. The normalized spacial score (nSPS) is 41.7. The monoisotopic (exact) mass is 435 g/mol. The fraction of sp³-hybridized carbons (Fsp3) is 0.786. The molecule has 1 aromatic heterocycles. The quantitative estimate of drug-likeness (QED) is 0.568. The van der Waals surface area contributed by atoms with Gasteiger partial charge in [0.1, 0.15) is 6.07 Å². The average Bonchev–Trinajstić information content (AvgIpc) is 3.36. The Kier molecular flexibility index (Phi) is 5.77. The largest absolute Gasteiger partial charge is 0.390 e. The van der Waals surface area contributed by atoms with Crippen LogP contribution in [-0.2, 0) is 6.54 Å². The second-order valence-electron chi connectivity index (χ2n) is 12.0. The van der Waals surface area contributed by atoms with Gasteiger partial charge in [0.2, 0.25) is 0 Å². The highest BCUT2D eigenvalue weighted by Crippen LogP contribution is 2.64. The number of hydrogen-bond donors (Lipinski definition) is 1. The number of fused-ring (bicyclic) bond motifs is 5. The molecule has 0 radical (unpaired) electrons. The van der Waals surface area contributed by atoms with Crippen molar-refractivity contribution in [3.8, 4) is 6.07 Å². The number of rotatable bonds is 5. The van der Waals surface area contributed by atoms with E-state index in [9.17, 15) is 5.11 Å². The van der Waals surface area contributed by atoms with Crippen molar-refractivity contribution in [1.29, 1.82) is 5.26 Å². The number of hydrogen-bond acceptors (Lipinski definition) is 3. The number of aromatic nitrogens is 2. The van der Waals surface area contributed by atoms with Gasteiger partial charge in [0.05, 0.1) is 17.4 Å². The number of aliphatic hydroxyl groups is 1. The first-order valence-electron chi connectivity index (χ1n) is 13.2. The molecule has 32 heavy (non-hydrogen) atoms. The molecule has 4 nitrogen and oxygen atoms in total. The van der Waals surface area contributed by atoms with Crippen LogP contribution in [0.15, 0.2) is 24.0 Å². The smallest absolute Gasteiger partial charge is 0.102 e. The summed E-state index contributed by atoms with van der Waals surface area (Å²) in [6.07, 6.45) is 18.2. The van der Waals surface area contributed by atoms with Crippen molar-refractivity contribution in [3.63, 3.8) is 0 Å². The van der Waals surface area contributed by atoms with Crippen molar-refractivity contribution in [2.45, 2.75) is 97.1 Å². The Bertz CT molecular complexity index is 912. The van der Waals surface area contributed by atoms with E-state index in [1.165, 1.54) is 38.5 Å². The molecule has 3 saturated carbocycles. The Hall–Kier alpha value is -1.60. The first-order chi connectivity index (χ1) is 15.4. The van der Waals surface area contributed by atoms with Crippen molar-refractivity contribution in [1.82, 2.24) is 9.78 Å². The van der Waals surface area contributed by atoms with Gasteiger partial charge < -0.3 is 5.11 Å². The highest BCUT2D eigenvalue weighted by atomic mass is 16.3. The van der Waals surface area contributed by atoms with Gasteiger partial charge in [-0.1, -0.05) is 38.8 Å². The highest BCUT2D eigenvalue weighted by Gasteiger charge is 2.56. The van der Waals surface area contributed by atoms with E-state index in [1.807, 2.05) is 10.9 Å². The predicted octanol–water partition coefficient (Wildman–Crippen LogP) is 6.11. The first kappa shape index (κ1) is 22.2. The molecule has 5 rings (SSSR count). The van der Waals surface area contributed by atoms with Crippen molar-refractivity contribution >= 4 is 0 Å². The summed E-state index contributed by atoms with van der Waals surface area (Å²) in [5.41, 5.74) is 2.26. The summed E-state index contributed by atoms with van der Waals surface area (Å²) < 4.78 is 1.96. The molecular weight excluding hydrogens is 394 g/mol. The van der Waals surface area contributed by atoms with Crippen LogP contribution >= 0.6 is 0 Å². The maximum Gasteiger partial charge on any atom is 0.102 e. The van der Waals surface area contributed by atoms with Crippen molar-refractivity contribution in [2.24, 2.45) is 40.9 Å². The van der Waals surface area contributed by atoms with E-state index >= 15 is 0 Å². The third-order valence-corrected chi connectivity index (χ3v) is 10.2. The second kappa shape index (κ2) is 8.32. The van der Waals surface area contributed by atoms with E-state index in [1.54, 1.807) is 11.8 Å². The van der Waals surface area contributed by atoms with Gasteiger partial charge in [-0.15, -0.1) is 0 Å². The minimum atomic E-state index is -0.374. The Morgan fingerprint density at radius 3 is 2.78 bits per heavy atom. The molecule has 0 bridgehead atoms. The van der Waals surface area contributed by atoms with Gasteiger partial charge in [-0.2, -0.15) is 10.4 Å². The summed E-state index contributed by atoms with van der Waals surface area (Å²) in [4.78, 5) is 0. The van der Waals surface area contributed by atoms with Gasteiger partial charge in [0, 0.05) is 12.7 Å². The predicted molar refractivity (Wildman–Crippen MR) is 127 cm³/mol. The summed E-state index contributed by atoms with van der Waals surface area (Å²) in [5, 5.41) is 24.6. The van der Waals surface area contributed by atoms with E-state index in [2.05, 4.69) is 38.0 Å². The maximum absolute atomic E-state index is 11.1. The molecule has 0 amide bonds. The molecule has 1 N–H and O–H groups in total. The zero-order valence-corrected chi connectivity index (χ0v) is 20.3. The van der Waals surface area contributed by atoms with Crippen molar-refractivity contribution < 1.29 is 5.11 Å². The van der Waals surface area contributed by atoms with Gasteiger partial charge in [0.15, 0.2) is 0 Å². The Balaban J connectivity index is 1.28. The van der Waals surface area contributed by atoms with Crippen LogP contribution in [0.1, 0.15) is 90.5 Å². The lowest BCUT2D eigenvalue weighted by Crippen LogP contribution is -2.50. The van der Waals surface area contributed by atoms with Crippen LogP contribution in [0.3, 0.4) is 0 Å². The molecule has 4 aliphatic rings. The molecule has 0 aromatic carbocycles. The molecule has 8 atom stereocenters. The van der Waals surface area contributed by atoms with E-state index in [4.69, 9.17) is 5.26 Å². The van der Waals surface area contributed by atoms with Gasteiger partial charge in [-0.05, 0) is 98.7 Å². The standard InChI is InChI=1S/C28H41N3O/c1-4-11-28(32)13-10-22-21(14-28)5-6-24-23(22)9-12-27(3)25(7-8-26(24)27)19(2)17-31-18-20(15-29)16-30-31/h7,16,18-19,21-24,26,32H,4-6,8-14,17H2,1-3H3/t19-,21+,22-,23+,24+,26-,27+,28+/m0/s1. The average molecular weight is 436 g/mol. The van der Waals surface area contributed by atoms with Crippen molar-refractivity contribution in [3.05, 3.63) is 29.6 Å². The van der Waals surface area contributed by atoms with Gasteiger partial charge in [-0.3, -0.25) is 4.68 Å². The SMILES string of the molecule is CCC[C@@]1(O)CC[C@H]2[C@H](CC[C@@H]3[C@@H]2CC[C@]2(C)C([C@@H](C)Cn4cc(C#N)cn4)=CC[C@@H]32)C1. The van der Waals surface area contributed by atoms with Crippen LogP contribution < -0.4 is 0 Å². The maximum atomic E-state index is 11.1.